The smallest absolute Gasteiger partial charge is 0.261 e. The fourth-order valence-corrected chi connectivity index (χ4v) is 6.37. The van der Waals surface area contributed by atoms with Crippen LogP contribution in [-0.2, 0) is 0 Å². The number of aromatic nitrogens is 6. The molecule has 0 amide bonds. The Balaban J connectivity index is 0.000000165. The average molecular weight is 947 g/mol. The Morgan fingerprint density at radius 1 is 0.623 bits per heavy atom. The van der Waals surface area contributed by atoms with Gasteiger partial charge in [-0.1, -0.05) is 75.6 Å². The van der Waals surface area contributed by atoms with Crippen LogP contribution < -0.4 is 16.7 Å². The van der Waals surface area contributed by atoms with Crippen molar-refractivity contribution in [2.75, 3.05) is 0 Å². The van der Waals surface area contributed by atoms with Gasteiger partial charge in [0.15, 0.2) is 0 Å². The molecule has 0 fully saturated rings. The zero-order valence-corrected chi connectivity index (χ0v) is 36.8. The summed E-state index contributed by atoms with van der Waals surface area (Å²) in [5.74, 6) is 7.63. The number of hydrogen-bond donors (Lipinski definition) is 1. The van der Waals surface area contributed by atoms with E-state index in [1.54, 1.807) is 70.3 Å². The van der Waals surface area contributed by atoms with Crippen molar-refractivity contribution in [1.82, 2.24) is 29.1 Å². The first kappa shape index (κ1) is 45.5. The predicted octanol–water partition coefficient (Wildman–Crippen LogP) is 10.5. The minimum Gasteiger partial charge on any atom is -0.313 e. The van der Waals surface area contributed by atoms with Crippen molar-refractivity contribution in [2.45, 2.75) is 52.6 Å². The number of H-pyrrole nitrogens is 1. The average Bonchev–Trinajstić information content (AvgIpc) is 3.26. The summed E-state index contributed by atoms with van der Waals surface area (Å²) in [6.45, 7) is 8.11. The highest BCUT2D eigenvalue weighted by Gasteiger charge is 2.10. The molecule has 0 aliphatic heterocycles. The minimum atomic E-state index is -0.312. The SMILES string of the molecule is C#Cc1cccc(F)c1.CCC(C)n1cnc2cc(Br)ccc2c1=O.CCC(C)n1cnc2cc(C#Cc3cccc(F)c3)ccc2c1=O.O=c1[nH]cnc2cc(Br)ccc12. The van der Waals surface area contributed by atoms with Crippen LogP contribution in [0.25, 0.3) is 32.7 Å². The molecule has 0 radical (unpaired) electrons. The van der Waals surface area contributed by atoms with E-state index in [4.69, 9.17) is 6.42 Å². The molecule has 0 bridgehead atoms. The lowest BCUT2D eigenvalue weighted by molar-refractivity contribution is 0.510. The molecule has 13 heteroatoms. The maximum atomic E-state index is 13.2. The lowest BCUT2D eigenvalue weighted by Crippen LogP contribution is -2.23. The number of nitrogens with one attached hydrogen (secondary N) is 1. The van der Waals surface area contributed by atoms with E-state index < -0.39 is 0 Å². The third-order valence-corrected chi connectivity index (χ3v) is 10.4. The van der Waals surface area contributed by atoms with Crippen molar-refractivity contribution in [3.05, 3.63) is 190 Å². The highest BCUT2D eigenvalue weighted by molar-refractivity contribution is 9.10. The molecule has 0 aliphatic carbocycles. The summed E-state index contributed by atoms with van der Waals surface area (Å²) in [6.07, 6.45) is 11.4. The lowest BCUT2D eigenvalue weighted by atomic mass is 10.1. The number of hydrogen-bond acceptors (Lipinski definition) is 6. The summed E-state index contributed by atoms with van der Waals surface area (Å²) in [5.41, 5.74) is 3.86. The molecule has 1 N–H and O–H groups in total. The molecular formula is C48H40Br2F2N6O3. The van der Waals surface area contributed by atoms with E-state index in [2.05, 4.69) is 76.5 Å². The first-order chi connectivity index (χ1) is 29.3. The van der Waals surface area contributed by atoms with Crippen molar-refractivity contribution in [3.63, 3.8) is 0 Å². The predicted molar refractivity (Wildman–Crippen MR) is 246 cm³/mol. The summed E-state index contributed by atoms with van der Waals surface area (Å²) in [7, 11) is 0. The number of benzene rings is 5. The molecule has 0 saturated carbocycles. The molecule has 61 heavy (non-hydrogen) atoms. The van der Waals surface area contributed by atoms with Gasteiger partial charge in [-0.25, -0.2) is 23.7 Å². The molecule has 3 aromatic heterocycles. The van der Waals surface area contributed by atoms with Gasteiger partial charge in [0.25, 0.3) is 16.7 Å². The van der Waals surface area contributed by atoms with Crippen molar-refractivity contribution in [1.29, 1.82) is 0 Å². The van der Waals surface area contributed by atoms with Gasteiger partial charge in [-0.2, -0.15) is 0 Å². The molecular weight excluding hydrogens is 906 g/mol. The maximum absolute atomic E-state index is 13.2. The van der Waals surface area contributed by atoms with Gasteiger partial charge < -0.3 is 4.98 Å². The normalized spacial score (nSPS) is 11.3. The molecule has 0 spiro atoms. The van der Waals surface area contributed by atoms with Crippen LogP contribution in [0.5, 0.6) is 0 Å². The van der Waals surface area contributed by atoms with Gasteiger partial charge in [0.1, 0.15) is 11.6 Å². The number of halogens is 4. The van der Waals surface area contributed by atoms with Gasteiger partial charge in [0.05, 0.1) is 51.7 Å². The molecule has 308 valence electrons. The lowest BCUT2D eigenvalue weighted by Gasteiger charge is -2.12. The molecule has 9 nitrogen and oxygen atoms in total. The second-order valence-electron chi connectivity index (χ2n) is 13.6. The molecule has 8 aromatic rings. The van der Waals surface area contributed by atoms with Crippen LogP contribution in [0.2, 0.25) is 0 Å². The van der Waals surface area contributed by atoms with E-state index in [1.807, 2.05) is 51.1 Å². The van der Waals surface area contributed by atoms with Gasteiger partial charge in [-0.05, 0) is 118 Å². The summed E-state index contributed by atoms with van der Waals surface area (Å²) < 4.78 is 30.6. The van der Waals surface area contributed by atoms with Gasteiger partial charge in [-0.15, -0.1) is 6.42 Å². The number of fused-ring (bicyclic) bond motifs is 3. The van der Waals surface area contributed by atoms with Gasteiger partial charge in [0, 0.05) is 37.7 Å². The van der Waals surface area contributed by atoms with Crippen LogP contribution >= 0.6 is 31.9 Å². The minimum absolute atomic E-state index is 0.0341. The van der Waals surface area contributed by atoms with Crippen molar-refractivity contribution in [3.8, 4) is 24.2 Å². The van der Waals surface area contributed by atoms with Gasteiger partial charge in [0.2, 0.25) is 0 Å². The van der Waals surface area contributed by atoms with Crippen LogP contribution in [0.1, 0.15) is 69.3 Å². The third-order valence-electron chi connectivity index (χ3n) is 9.43. The van der Waals surface area contributed by atoms with Crippen molar-refractivity contribution < 1.29 is 8.78 Å². The summed E-state index contributed by atoms with van der Waals surface area (Å²) in [6, 6.07) is 28.6. The maximum Gasteiger partial charge on any atom is 0.261 e. The zero-order chi connectivity index (χ0) is 44.1. The Morgan fingerprint density at radius 2 is 1.08 bits per heavy atom. The second-order valence-corrected chi connectivity index (χ2v) is 15.5. The summed E-state index contributed by atoms with van der Waals surface area (Å²) in [5, 5.41) is 1.86. The summed E-state index contributed by atoms with van der Waals surface area (Å²) >= 11 is 6.67. The first-order valence-corrected chi connectivity index (χ1v) is 20.7. The second kappa shape index (κ2) is 21.6. The van der Waals surface area contributed by atoms with Crippen LogP contribution in [0.15, 0.2) is 145 Å². The standard InChI is InChI=1S/C20H17FN2O.C12H13BrN2O.C8H5BrN2O.C8H5F/c1-3-14(2)23-13-22-19-12-16(9-10-18(19)20(23)24)8-7-15-5-4-6-17(21)11-15;1-3-8(2)15-7-14-11-6-9(13)4-5-10(11)12(15)16;9-5-1-2-6-7(3-5)10-4-11-8(6)12;1-2-7-4-3-5-8(9)6-7/h4-6,9-14H,3H2,1-2H3;4-8H,3H2,1-2H3;1-4H,(H,10,11,12);1,3-6H. The summed E-state index contributed by atoms with van der Waals surface area (Å²) in [4.78, 5) is 51.0. The van der Waals surface area contributed by atoms with Crippen molar-refractivity contribution in [2.24, 2.45) is 0 Å². The topological polar surface area (TPSA) is 116 Å². The fourth-order valence-electron chi connectivity index (χ4n) is 5.67. The monoisotopic (exact) mass is 944 g/mol. The fraction of sp³-hybridized carbons (Fsp3) is 0.167. The van der Waals surface area contributed by atoms with Gasteiger partial charge >= 0.3 is 0 Å². The van der Waals surface area contributed by atoms with Gasteiger partial charge in [-0.3, -0.25) is 23.5 Å². The van der Waals surface area contributed by atoms with Crippen molar-refractivity contribution >= 4 is 64.6 Å². The largest absolute Gasteiger partial charge is 0.313 e. The molecule has 2 atom stereocenters. The van der Waals surface area contributed by atoms with E-state index in [0.29, 0.717) is 38.3 Å². The highest BCUT2D eigenvalue weighted by atomic mass is 79.9. The Bertz CT molecular complexity index is 3110. The van der Waals surface area contributed by atoms with Crippen LogP contribution in [-0.4, -0.2) is 29.1 Å². The van der Waals surface area contributed by atoms with Crippen LogP contribution in [0, 0.1) is 35.8 Å². The van der Waals surface area contributed by atoms with E-state index in [0.717, 1.165) is 32.9 Å². The van der Waals surface area contributed by atoms with Crippen LogP contribution in [0.4, 0.5) is 8.78 Å². The van der Waals surface area contributed by atoms with E-state index in [9.17, 15) is 23.2 Å². The zero-order valence-electron chi connectivity index (χ0n) is 33.7. The quantitative estimate of drug-likeness (QED) is 0.176. The molecule has 0 saturated heterocycles. The highest BCUT2D eigenvalue weighted by Crippen LogP contribution is 2.17. The molecule has 0 aliphatic rings. The van der Waals surface area contributed by atoms with E-state index >= 15 is 0 Å². The Hall–Kier alpha value is -6.54. The molecule has 5 aromatic carbocycles. The van der Waals surface area contributed by atoms with Crippen LogP contribution in [0.3, 0.4) is 0 Å². The first-order valence-electron chi connectivity index (χ1n) is 19.1. The number of rotatable bonds is 4. The Kier molecular flexibility index (Phi) is 16.2. The van der Waals surface area contributed by atoms with E-state index in [1.165, 1.54) is 30.6 Å². The van der Waals surface area contributed by atoms with E-state index in [-0.39, 0.29) is 40.4 Å². The number of terminal acetylenes is 1. The molecule has 2 unspecified atom stereocenters. The third kappa shape index (κ3) is 12.3. The molecule has 3 heterocycles. The number of aromatic amines is 1. The number of nitrogens with zero attached hydrogens (tertiary/aromatic N) is 5. The Morgan fingerprint density at radius 3 is 1.59 bits per heavy atom. The molecule has 8 rings (SSSR count). The Labute approximate surface area is 367 Å².